The Balaban J connectivity index is 2.58. The average Bonchev–Trinajstić information content (AvgIpc) is 2.17. The Hall–Kier alpha value is -0.700. The minimum atomic E-state index is 0.254. The zero-order valence-electron chi connectivity index (χ0n) is 9.29. The third-order valence-electron chi connectivity index (χ3n) is 2.24. The molecule has 1 aromatic rings. The van der Waals surface area contributed by atoms with Gasteiger partial charge in [0.2, 0.25) is 0 Å². The van der Waals surface area contributed by atoms with Crippen molar-refractivity contribution in [3.05, 3.63) is 23.9 Å². The van der Waals surface area contributed by atoms with Gasteiger partial charge in [-0.3, -0.25) is 0 Å². The number of nitrogens with one attached hydrogen (secondary N) is 1. The van der Waals surface area contributed by atoms with Gasteiger partial charge in [-0.05, 0) is 38.7 Å². The number of thioether (sulfide) groups is 1. The number of aryl methyl sites for hydroxylation is 1. The highest BCUT2D eigenvalue weighted by Crippen LogP contribution is 2.21. The normalized spacial score (nSPS) is 11.4. The fraction of sp³-hybridized carbons (Fsp3) is 0.545. The van der Waals surface area contributed by atoms with Crippen LogP contribution in [0.25, 0.3) is 0 Å². The number of hydrogen-bond donors (Lipinski definition) is 1. The minimum Gasteiger partial charge on any atom is -0.368 e. The predicted octanol–water partition coefficient (Wildman–Crippen LogP) is 2.94. The van der Waals surface area contributed by atoms with Crippen LogP contribution in [0.15, 0.2) is 18.3 Å². The molecule has 0 amide bonds. The summed E-state index contributed by atoms with van der Waals surface area (Å²) in [5.74, 6) is 0.995. The number of pyridine rings is 1. The molecule has 1 aromatic heterocycles. The summed E-state index contributed by atoms with van der Waals surface area (Å²) in [7, 11) is 0. The van der Waals surface area contributed by atoms with Crippen molar-refractivity contribution in [1.82, 2.24) is 4.98 Å². The molecular weight excluding hydrogens is 192 g/mol. The van der Waals surface area contributed by atoms with E-state index in [0.717, 1.165) is 12.4 Å². The summed E-state index contributed by atoms with van der Waals surface area (Å²) in [5.41, 5.74) is 1.20. The van der Waals surface area contributed by atoms with E-state index in [2.05, 4.69) is 43.4 Å². The van der Waals surface area contributed by atoms with E-state index in [1.54, 1.807) is 0 Å². The summed E-state index contributed by atoms with van der Waals surface area (Å²) in [6, 6.07) is 4.03. The van der Waals surface area contributed by atoms with Crippen molar-refractivity contribution in [2.75, 3.05) is 18.1 Å². The fourth-order valence-corrected chi connectivity index (χ4v) is 1.26. The second kappa shape index (κ2) is 4.69. The molecular formula is C11H18N2S. The Bertz CT molecular complexity index is 297. The molecule has 1 N–H and O–H groups in total. The van der Waals surface area contributed by atoms with Gasteiger partial charge >= 0.3 is 0 Å². The summed E-state index contributed by atoms with van der Waals surface area (Å²) in [5, 5.41) is 3.37. The molecule has 78 valence electrons. The maximum atomic E-state index is 4.30. The van der Waals surface area contributed by atoms with Gasteiger partial charge in [0.1, 0.15) is 5.82 Å². The van der Waals surface area contributed by atoms with E-state index in [-0.39, 0.29) is 4.75 Å². The molecule has 1 rings (SSSR count). The maximum absolute atomic E-state index is 4.30. The second-order valence-electron chi connectivity index (χ2n) is 3.99. The highest BCUT2D eigenvalue weighted by Gasteiger charge is 2.15. The highest BCUT2D eigenvalue weighted by atomic mass is 32.2. The Kier molecular flexibility index (Phi) is 3.81. The number of aromatic nitrogens is 1. The summed E-state index contributed by atoms with van der Waals surface area (Å²) in [6.07, 6.45) is 3.95. The smallest absolute Gasteiger partial charge is 0.128 e. The van der Waals surface area contributed by atoms with E-state index in [1.165, 1.54) is 5.56 Å². The van der Waals surface area contributed by atoms with Crippen molar-refractivity contribution < 1.29 is 0 Å². The van der Waals surface area contributed by atoms with E-state index in [0.29, 0.717) is 0 Å². The van der Waals surface area contributed by atoms with Crippen LogP contribution in [0.3, 0.4) is 0 Å². The molecule has 0 aliphatic carbocycles. The first-order valence-corrected chi connectivity index (χ1v) is 5.98. The topological polar surface area (TPSA) is 24.9 Å². The Labute approximate surface area is 90.5 Å². The molecule has 0 bridgehead atoms. The third kappa shape index (κ3) is 3.22. The molecule has 1 heterocycles. The highest BCUT2D eigenvalue weighted by molar-refractivity contribution is 7.99. The lowest BCUT2D eigenvalue weighted by Gasteiger charge is -2.23. The van der Waals surface area contributed by atoms with Gasteiger partial charge in [0.15, 0.2) is 0 Å². The lowest BCUT2D eigenvalue weighted by Crippen LogP contribution is -2.26. The molecule has 0 aliphatic rings. The molecule has 0 saturated carbocycles. The van der Waals surface area contributed by atoms with Crippen LogP contribution in [0.2, 0.25) is 0 Å². The average molecular weight is 210 g/mol. The third-order valence-corrected chi connectivity index (χ3v) is 3.49. The minimum absolute atomic E-state index is 0.254. The van der Waals surface area contributed by atoms with Crippen molar-refractivity contribution in [3.8, 4) is 0 Å². The summed E-state index contributed by atoms with van der Waals surface area (Å²) in [4.78, 5) is 4.30. The van der Waals surface area contributed by atoms with Gasteiger partial charge in [-0.2, -0.15) is 11.8 Å². The van der Waals surface area contributed by atoms with Crippen LogP contribution in [-0.4, -0.2) is 22.5 Å². The van der Waals surface area contributed by atoms with E-state index in [9.17, 15) is 0 Å². The van der Waals surface area contributed by atoms with Crippen LogP contribution < -0.4 is 5.32 Å². The van der Waals surface area contributed by atoms with Gasteiger partial charge in [-0.15, -0.1) is 0 Å². The summed E-state index contributed by atoms with van der Waals surface area (Å²) >= 11 is 1.86. The molecule has 2 nitrogen and oxygen atoms in total. The lowest BCUT2D eigenvalue weighted by molar-refractivity contribution is 0.749. The SMILES string of the molecule is CSC(C)(C)CNc1ncccc1C. The van der Waals surface area contributed by atoms with Crippen molar-refractivity contribution in [2.45, 2.75) is 25.5 Å². The van der Waals surface area contributed by atoms with Gasteiger partial charge < -0.3 is 5.32 Å². The fourth-order valence-electron chi connectivity index (χ4n) is 1.04. The quantitative estimate of drug-likeness (QED) is 0.827. The van der Waals surface area contributed by atoms with Gasteiger partial charge in [0, 0.05) is 17.5 Å². The van der Waals surface area contributed by atoms with Crippen molar-refractivity contribution >= 4 is 17.6 Å². The largest absolute Gasteiger partial charge is 0.368 e. The maximum Gasteiger partial charge on any atom is 0.128 e. The first-order chi connectivity index (χ1) is 6.55. The molecule has 0 unspecified atom stereocenters. The van der Waals surface area contributed by atoms with Gasteiger partial charge in [-0.25, -0.2) is 4.98 Å². The van der Waals surface area contributed by atoms with Crippen LogP contribution in [0.5, 0.6) is 0 Å². The molecule has 0 saturated heterocycles. The van der Waals surface area contributed by atoms with Crippen LogP contribution in [-0.2, 0) is 0 Å². The molecule has 0 spiro atoms. The van der Waals surface area contributed by atoms with Crippen LogP contribution >= 0.6 is 11.8 Å². The van der Waals surface area contributed by atoms with Crippen LogP contribution in [0.4, 0.5) is 5.82 Å². The summed E-state index contributed by atoms with van der Waals surface area (Å²) in [6.45, 7) is 7.46. The molecule has 0 atom stereocenters. The Morgan fingerprint density at radius 1 is 1.50 bits per heavy atom. The lowest BCUT2D eigenvalue weighted by atomic mass is 10.2. The monoisotopic (exact) mass is 210 g/mol. The Morgan fingerprint density at radius 3 is 2.79 bits per heavy atom. The molecule has 14 heavy (non-hydrogen) atoms. The van der Waals surface area contributed by atoms with E-state index in [4.69, 9.17) is 0 Å². The second-order valence-corrected chi connectivity index (χ2v) is 5.50. The van der Waals surface area contributed by atoms with E-state index in [1.807, 2.05) is 24.0 Å². The van der Waals surface area contributed by atoms with Crippen molar-refractivity contribution in [2.24, 2.45) is 0 Å². The predicted molar refractivity (Wildman–Crippen MR) is 65.1 cm³/mol. The molecule has 0 fully saturated rings. The van der Waals surface area contributed by atoms with Crippen LogP contribution in [0, 0.1) is 6.92 Å². The van der Waals surface area contributed by atoms with Crippen molar-refractivity contribution in [3.63, 3.8) is 0 Å². The number of hydrogen-bond acceptors (Lipinski definition) is 3. The van der Waals surface area contributed by atoms with E-state index >= 15 is 0 Å². The van der Waals surface area contributed by atoms with E-state index < -0.39 is 0 Å². The molecule has 0 aliphatic heterocycles. The van der Waals surface area contributed by atoms with Crippen LogP contribution in [0.1, 0.15) is 19.4 Å². The first-order valence-electron chi connectivity index (χ1n) is 4.76. The van der Waals surface area contributed by atoms with Crippen molar-refractivity contribution in [1.29, 1.82) is 0 Å². The zero-order valence-corrected chi connectivity index (χ0v) is 10.1. The first kappa shape index (κ1) is 11.4. The zero-order chi connectivity index (χ0) is 10.6. The molecule has 3 heteroatoms. The number of nitrogens with zero attached hydrogens (tertiary/aromatic N) is 1. The van der Waals surface area contributed by atoms with Gasteiger partial charge in [-0.1, -0.05) is 6.07 Å². The Morgan fingerprint density at radius 2 is 2.21 bits per heavy atom. The van der Waals surface area contributed by atoms with Gasteiger partial charge in [0.05, 0.1) is 0 Å². The number of anilines is 1. The molecule has 0 radical (unpaired) electrons. The summed E-state index contributed by atoms with van der Waals surface area (Å²) < 4.78 is 0.254. The van der Waals surface area contributed by atoms with Gasteiger partial charge in [0.25, 0.3) is 0 Å². The standard InChI is InChI=1S/C11H18N2S/c1-9-6-5-7-12-10(9)13-8-11(2,3)14-4/h5-7H,8H2,1-4H3,(H,12,13). The number of rotatable bonds is 4. The molecule has 0 aromatic carbocycles.